The highest BCUT2D eigenvalue weighted by Crippen LogP contribution is 2.48. The average Bonchev–Trinajstić information content (AvgIpc) is 3.75. The van der Waals surface area contributed by atoms with Crippen molar-refractivity contribution in [3.8, 4) is 33.4 Å². The summed E-state index contributed by atoms with van der Waals surface area (Å²) in [4.78, 5) is 0. The number of hydrogen-bond acceptors (Lipinski definition) is 2. The summed E-state index contributed by atoms with van der Waals surface area (Å²) >= 11 is 3.81. The van der Waals surface area contributed by atoms with Gasteiger partial charge < -0.3 is 0 Å². The molecule has 0 N–H and O–H groups in total. The zero-order valence-corrected chi connectivity index (χ0v) is 28.6. The molecular formula is C48H28S2. The van der Waals surface area contributed by atoms with Gasteiger partial charge >= 0.3 is 0 Å². The van der Waals surface area contributed by atoms with Gasteiger partial charge in [0.2, 0.25) is 0 Å². The highest BCUT2D eigenvalue weighted by Gasteiger charge is 2.19. The molecule has 0 bridgehead atoms. The van der Waals surface area contributed by atoms with Crippen LogP contribution in [0, 0.1) is 0 Å². The first-order valence-corrected chi connectivity index (χ1v) is 18.7. The monoisotopic (exact) mass is 668 g/mol. The van der Waals surface area contributed by atoms with Gasteiger partial charge in [-0.2, -0.15) is 0 Å². The summed E-state index contributed by atoms with van der Waals surface area (Å²) in [5.74, 6) is 0. The lowest BCUT2D eigenvalue weighted by Gasteiger charge is -2.18. The van der Waals surface area contributed by atoms with Crippen molar-refractivity contribution >= 4 is 95.3 Å². The lowest BCUT2D eigenvalue weighted by Crippen LogP contribution is -1.91. The Hall–Kier alpha value is -5.80. The van der Waals surface area contributed by atoms with Crippen molar-refractivity contribution in [2.24, 2.45) is 0 Å². The lowest BCUT2D eigenvalue weighted by atomic mass is 9.85. The molecule has 50 heavy (non-hydrogen) atoms. The van der Waals surface area contributed by atoms with E-state index in [-0.39, 0.29) is 0 Å². The van der Waals surface area contributed by atoms with Gasteiger partial charge in [-0.05, 0) is 84.6 Å². The van der Waals surface area contributed by atoms with Crippen LogP contribution < -0.4 is 0 Å². The molecule has 0 fully saturated rings. The van der Waals surface area contributed by atoms with Crippen molar-refractivity contribution in [1.82, 2.24) is 0 Å². The first-order chi connectivity index (χ1) is 24.8. The zero-order chi connectivity index (χ0) is 32.8. The van der Waals surface area contributed by atoms with Gasteiger partial charge in [0.1, 0.15) is 0 Å². The van der Waals surface area contributed by atoms with Crippen molar-refractivity contribution in [2.45, 2.75) is 0 Å². The molecule has 0 radical (unpaired) electrons. The topological polar surface area (TPSA) is 0 Å². The molecule has 11 rings (SSSR count). The summed E-state index contributed by atoms with van der Waals surface area (Å²) in [6.07, 6.45) is 0. The minimum atomic E-state index is 1.23. The molecule has 9 aromatic carbocycles. The van der Waals surface area contributed by atoms with Crippen molar-refractivity contribution in [3.63, 3.8) is 0 Å². The van der Waals surface area contributed by atoms with Crippen molar-refractivity contribution in [1.29, 1.82) is 0 Å². The van der Waals surface area contributed by atoms with Crippen LogP contribution in [0.1, 0.15) is 0 Å². The first kappa shape index (κ1) is 28.1. The molecule has 0 saturated heterocycles. The van der Waals surface area contributed by atoms with Crippen molar-refractivity contribution in [2.75, 3.05) is 0 Å². The fraction of sp³-hybridized carbons (Fsp3) is 0. The first-order valence-electron chi connectivity index (χ1n) is 17.1. The number of rotatable bonds is 3. The molecule has 0 unspecified atom stereocenters. The molecule has 0 saturated carbocycles. The van der Waals surface area contributed by atoms with Crippen LogP contribution in [0.25, 0.3) is 106 Å². The average molecular weight is 669 g/mol. The Morgan fingerprint density at radius 1 is 0.260 bits per heavy atom. The molecule has 0 aliphatic rings. The lowest BCUT2D eigenvalue weighted by molar-refractivity contribution is 1.61. The van der Waals surface area contributed by atoms with Gasteiger partial charge in [-0.15, -0.1) is 22.7 Å². The summed E-state index contributed by atoms with van der Waals surface area (Å²) in [6.45, 7) is 0. The van der Waals surface area contributed by atoms with Crippen LogP contribution in [0.3, 0.4) is 0 Å². The van der Waals surface area contributed by atoms with Crippen LogP contribution in [0.5, 0.6) is 0 Å². The third-order valence-electron chi connectivity index (χ3n) is 10.5. The van der Waals surface area contributed by atoms with E-state index >= 15 is 0 Å². The van der Waals surface area contributed by atoms with Crippen molar-refractivity contribution in [3.05, 3.63) is 170 Å². The Balaban J connectivity index is 1.15. The SMILES string of the molecule is c1ccc(-c2ccc(-c3c4ccccc4c(-c4ccc5c(c4)sc4ccc6ccc7sc8ccccc8c7c6c45)c4ccccc34)cc2)cc1. The number of fused-ring (bicyclic) bond motifs is 11. The summed E-state index contributed by atoms with van der Waals surface area (Å²) in [7, 11) is 0. The minimum absolute atomic E-state index is 1.23. The zero-order valence-electron chi connectivity index (χ0n) is 27.0. The molecule has 0 aliphatic carbocycles. The third kappa shape index (κ3) is 4.10. The molecular weight excluding hydrogens is 641 g/mol. The molecule has 0 aliphatic heterocycles. The Morgan fingerprint density at radius 2 is 0.720 bits per heavy atom. The van der Waals surface area contributed by atoms with E-state index in [1.165, 1.54) is 106 Å². The fourth-order valence-electron chi connectivity index (χ4n) is 8.26. The Morgan fingerprint density at radius 3 is 1.36 bits per heavy atom. The van der Waals surface area contributed by atoms with Crippen LogP contribution in [0.4, 0.5) is 0 Å². The highest BCUT2D eigenvalue weighted by atomic mass is 32.1. The van der Waals surface area contributed by atoms with Crippen molar-refractivity contribution < 1.29 is 0 Å². The number of benzene rings is 9. The van der Waals surface area contributed by atoms with Crippen LogP contribution in [0.2, 0.25) is 0 Å². The molecule has 0 amide bonds. The van der Waals surface area contributed by atoms with E-state index in [4.69, 9.17) is 0 Å². The maximum absolute atomic E-state index is 2.44. The molecule has 0 atom stereocenters. The van der Waals surface area contributed by atoms with Crippen LogP contribution in [-0.2, 0) is 0 Å². The van der Waals surface area contributed by atoms with Crippen LogP contribution in [-0.4, -0.2) is 0 Å². The van der Waals surface area contributed by atoms with E-state index in [1.807, 2.05) is 22.7 Å². The van der Waals surface area contributed by atoms with Gasteiger partial charge in [-0.25, -0.2) is 0 Å². The summed E-state index contributed by atoms with van der Waals surface area (Å²) in [5, 5.41) is 13.3. The highest BCUT2D eigenvalue weighted by molar-refractivity contribution is 7.27. The van der Waals surface area contributed by atoms with E-state index in [0.717, 1.165) is 0 Å². The molecule has 2 heterocycles. The molecule has 0 spiro atoms. The van der Waals surface area contributed by atoms with Gasteiger partial charge in [0, 0.05) is 45.7 Å². The second-order valence-corrected chi connectivity index (χ2v) is 15.3. The predicted molar refractivity (Wildman–Crippen MR) is 221 cm³/mol. The van der Waals surface area contributed by atoms with Crippen LogP contribution in [0.15, 0.2) is 170 Å². The summed E-state index contributed by atoms with van der Waals surface area (Å²) in [6, 6.07) is 63.0. The Bertz CT molecular complexity index is 3070. The molecule has 2 aromatic heterocycles. The Kier molecular flexibility index (Phi) is 6.09. The number of hydrogen-bond donors (Lipinski definition) is 0. The standard InChI is InChI=1S/C48H28S2/c1-2-10-29(11-3-1)30-18-20-31(21-19-30)44-34-12-4-6-14-36(34)45(37-15-7-5-13-35(37)44)33-22-25-39-43(28-33)50-42-27-24-32-23-26-41-47(46(32)48(39)42)38-16-8-9-17-40(38)49-41/h1-28H. The molecule has 0 nitrogen and oxygen atoms in total. The third-order valence-corrected chi connectivity index (χ3v) is 12.7. The van der Waals surface area contributed by atoms with Gasteiger partial charge in [-0.1, -0.05) is 146 Å². The van der Waals surface area contributed by atoms with E-state index < -0.39 is 0 Å². The molecule has 11 aromatic rings. The van der Waals surface area contributed by atoms with E-state index in [2.05, 4.69) is 170 Å². The minimum Gasteiger partial charge on any atom is -0.135 e. The predicted octanol–water partition coefficient (Wildman–Crippen LogP) is 14.9. The van der Waals surface area contributed by atoms with Gasteiger partial charge in [-0.3, -0.25) is 0 Å². The smallest absolute Gasteiger partial charge is 0.0362 e. The van der Waals surface area contributed by atoms with Gasteiger partial charge in [0.15, 0.2) is 0 Å². The van der Waals surface area contributed by atoms with Gasteiger partial charge in [0.25, 0.3) is 0 Å². The Labute approximate surface area is 297 Å². The molecule has 232 valence electrons. The van der Waals surface area contributed by atoms with Gasteiger partial charge in [0.05, 0.1) is 0 Å². The fourth-order valence-corrected chi connectivity index (χ4v) is 10.5. The summed E-state index contributed by atoms with van der Waals surface area (Å²) in [5.41, 5.74) is 7.57. The van der Waals surface area contributed by atoms with E-state index in [1.54, 1.807) is 0 Å². The normalized spacial score (nSPS) is 12.0. The number of thiophene rings is 2. The quantitative estimate of drug-likeness (QED) is 0.164. The second-order valence-electron chi connectivity index (χ2n) is 13.2. The molecule has 2 heteroatoms. The maximum Gasteiger partial charge on any atom is 0.0362 e. The van der Waals surface area contributed by atoms with E-state index in [0.29, 0.717) is 0 Å². The van der Waals surface area contributed by atoms with Crippen LogP contribution >= 0.6 is 22.7 Å². The largest absolute Gasteiger partial charge is 0.135 e. The van der Waals surface area contributed by atoms with E-state index in [9.17, 15) is 0 Å². The second kappa shape index (κ2) is 10.9. The summed E-state index contributed by atoms with van der Waals surface area (Å²) < 4.78 is 5.38. The maximum atomic E-state index is 2.44.